The highest BCUT2D eigenvalue weighted by molar-refractivity contribution is 4.53. The Hall–Kier alpha value is -0.620. The van der Waals surface area contributed by atoms with Gasteiger partial charge in [0, 0.05) is 0 Å². The van der Waals surface area contributed by atoms with Gasteiger partial charge in [-0.1, -0.05) is 6.58 Å². The molecule has 0 aliphatic heterocycles. The maximum atomic E-state index is 8.35. The van der Waals surface area contributed by atoms with Crippen LogP contribution in [0.4, 0.5) is 0 Å². The summed E-state index contributed by atoms with van der Waals surface area (Å²) in [5.74, 6) is 0. The molecule has 5 nitrogen and oxygen atoms in total. The predicted octanol–water partition coefficient (Wildman–Crippen LogP) is -0.720. The summed E-state index contributed by atoms with van der Waals surface area (Å²) in [7, 11) is 0. The molecule has 0 aromatic carbocycles. The molecule has 11 heavy (non-hydrogen) atoms. The van der Waals surface area contributed by atoms with Gasteiger partial charge in [-0.25, -0.2) is 9.68 Å². The van der Waals surface area contributed by atoms with Crippen molar-refractivity contribution >= 4 is 0 Å². The van der Waals surface area contributed by atoms with E-state index in [1.54, 1.807) is 0 Å². The zero-order valence-electron chi connectivity index (χ0n) is 6.27. The summed E-state index contributed by atoms with van der Waals surface area (Å²) in [6.07, 6.45) is 1.30. The van der Waals surface area contributed by atoms with Gasteiger partial charge in [-0.05, 0) is 0 Å². The van der Waals surface area contributed by atoms with Gasteiger partial charge in [-0.3, -0.25) is 0 Å². The van der Waals surface area contributed by atoms with Crippen molar-refractivity contribution in [3.8, 4) is 0 Å². The lowest BCUT2D eigenvalue weighted by atomic mass is 10.8. The van der Waals surface area contributed by atoms with Crippen molar-refractivity contribution in [2.75, 3.05) is 26.4 Å². The number of aliphatic hydroxyl groups is 2. The lowest BCUT2D eigenvalue weighted by Crippen LogP contribution is -2.21. The number of hydrogen-bond donors (Lipinski definition) is 2. The molecule has 0 unspecified atom stereocenters. The topological polar surface area (TPSA) is 62.2 Å². The van der Waals surface area contributed by atoms with Gasteiger partial charge in [0.25, 0.3) is 0 Å². The largest absolute Gasteiger partial charge is 0.394 e. The molecule has 0 heterocycles. The van der Waals surface area contributed by atoms with Crippen LogP contribution in [0.1, 0.15) is 0 Å². The summed E-state index contributed by atoms with van der Waals surface area (Å²) in [5.41, 5.74) is 0. The highest BCUT2D eigenvalue weighted by Crippen LogP contribution is 1.91. The van der Waals surface area contributed by atoms with Crippen LogP contribution in [-0.2, 0) is 9.68 Å². The lowest BCUT2D eigenvalue weighted by Gasteiger charge is -2.16. The van der Waals surface area contributed by atoms with Crippen LogP contribution in [0.3, 0.4) is 0 Å². The standard InChI is InChI=1S/C6H13NO4/c1-2-7(10-5-3-8)11-6-4-9/h2,8-9H,1,3-6H2. The summed E-state index contributed by atoms with van der Waals surface area (Å²) in [4.78, 5) is 9.55. The number of aliphatic hydroxyl groups excluding tert-OH is 2. The first-order chi connectivity index (χ1) is 5.35. The van der Waals surface area contributed by atoms with Crippen LogP contribution >= 0.6 is 0 Å². The fourth-order valence-electron chi connectivity index (χ4n) is 0.404. The van der Waals surface area contributed by atoms with E-state index in [1.807, 2.05) is 0 Å². The zero-order valence-corrected chi connectivity index (χ0v) is 6.27. The molecule has 0 radical (unpaired) electrons. The van der Waals surface area contributed by atoms with Gasteiger partial charge < -0.3 is 10.2 Å². The summed E-state index contributed by atoms with van der Waals surface area (Å²) in [6, 6.07) is 0. The molecule has 0 aromatic heterocycles. The first kappa shape index (κ1) is 10.4. The van der Waals surface area contributed by atoms with E-state index in [0.717, 1.165) is 5.23 Å². The Morgan fingerprint density at radius 3 is 1.91 bits per heavy atom. The number of hydroxylamine groups is 2. The lowest BCUT2D eigenvalue weighted by molar-refractivity contribution is -0.339. The normalized spacial score (nSPS) is 9.64. The molecule has 0 atom stereocenters. The van der Waals surface area contributed by atoms with Gasteiger partial charge in [0.05, 0.1) is 19.4 Å². The highest BCUT2D eigenvalue weighted by Gasteiger charge is 1.96. The van der Waals surface area contributed by atoms with Gasteiger partial charge in [0.15, 0.2) is 0 Å². The van der Waals surface area contributed by atoms with Crippen molar-refractivity contribution in [2.24, 2.45) is 0 Å². The van der Waals surface area contributed by atoms with Crippen LogP contribution in [0, 0.1) is 0 Å². The van der Waals surface area contributed by atoms with Crippen LogP contribution < -0.4 is 0 Å². The molecular weight excluding hydrogens is 150 g/mol. The first-order valence-electron chi connectivity index (χ1n) is 3.24. The monoisotopic (exact) mass is 163 g/mol. The van der Waals surface area contributed by atoms with Crippen molar-refractivity contribution in [1.29, 1.82) is 0 Å². The van der Waals surface area contributed by atoms with Gasteiger partial charge in [-0.2, -0.15) is 0 Å². The van der Waals surface area contributed by atoms with E-state index in [-0.39, 0.29) is 26.4 Å². The predicted molar refractivity (Wildman–Crippen MR) is 38.1 cm³/mol. The van der Waals surface area contributed by atoms with Crippen LogP contribution in [-0.4, -0.2) is 41.9 Å². The van der Waals surface area contributed by atoms with Gasteiger partial charge in [0.1, 0.15) is 13.2 Å². The molecule has 66 valence electrons. The Morgan fingerprint density at radius 2 is 1.64 bits per heavy atom. The molecular formula is C6H13NO4. The van der Waals surface area contributed by atoms with E-state index < -0.39 is 0 Å². The Balaban J connectivity index is 3.33. The Morgan fingerprint density at radius 1 is 1.18 bits per heavy atom. The van der Waals surface area contributed by atoms with Crippen molar-refractivity contribution in [3.05, 3.63) is 12.8 Å². The average molecular weight is 163 g/mol. The molecule has 0 bridgehead atoms. The van der Waals surface area contributed by atoms with E-state index in [2.05, 4.69) is 6.58 Å². The van der Waals surface area contributed by atoms with Gasteiger partial charge in [-0.15, -0.1) is 5.23 Å². The highest BCUT2D eigenvalue weighted by atomic mass is 16.9. The third-order valence-electron chi connectivity index (χ3n) is 0.769. The second kappa shape index (κ2) is 7.49. The summed E-state index contributed by atoms with van der Waals surface area (Å²) in [5, 5.41) is 17.7. The zero-order chi connectivity index (χ0) is 8.53. The molecule has 5 heteroatoms. The summed E-state index contributed by atoms with van der Waals surface area (Å²) >= 11 is 0. The van der Waals surface area contributed by atoms with Crippen molar-refractivity contribution in [1.82, 2.24) is 5.23 Å². The average Bonchev–Trinajstić information content (AvgIpc) is 2.05. The van der Waals surface area contributed by atoms with Crippen molar-refractivity contribution in [2.45, 2.75) is 0 Å². The van der Waals surface area contributed by atoms with Crippen LogP contribution in [0.15, 0.2) is 12.8 Å². The molecule has 2 N–H and O–H groups in total. The second-order valence-corrected chi connectivity index (χ2v) is 1.58. The molecule has 0 aromatic rings. The van der Waals surface area contributed by atoms with E-state index in [1.165, 1.54) is 6.20 Å². The third-order valence-corrected chi connectivity index (χ3v) is 0.769. The quantitative estimate of drug-likeness (QED) is 0.485. The van der Waals surface area contributed by atoms with Gasteiger partial charge >= 0.3 is 0 Å². The second-order valence-electron chi connectivity index (χ2n) is 1.58. The molecule has 0 aliphatic rings. The Bertz CT molecular complexity index is 90.6. The summed E-state index contributed by atoms with van der Waals surface area (Å²) < 4.78 is 0. The van der Waals surface area contributed by atoms with Crippen LogP contribution in [0.2, 0.25) is 0 Å². The number of hydrogen-bond acceptors (Lipinski definition) is 5. The minimum absolute atomic E-state index is 0.0905. The minimum atomic E-state index is -0.0905. The SMILES string of the molecule is C=CN(OCCO)OCCO. The fourth-order valence-corrected chi connectivity index (χ4v) is 0.404. The Kier molecular flexibility index (Phi) is 7.06. The summed E-state index contributed by atoms with van der Waals surface area (Å²) in [6.45, 7) is 3.47. The number of nitrogens with zero attached hydrogens (tertiary/aromatic N) is 1. The van der Waals surface area contributed by atoms with Crippen LogP contribution in [0.25, 0.3) is 0 Å². The Labute approximate surface area is 65.4 Å². The van der Waals surface area contributed by atoms with Crippen molar-refractivity contribution in [3.63, 3.8) is 0 Å². The molecule has 0 rings (SSSR count). The molecule has 0 saturated carbocycles. The maximum absolute atomic E-state index is 8.35. The van der Waals surface area contributed by atoms with E-state index >= 15 is 0 Å². The molecule has 0 amide bonds. The molecule has 0 aliphatic carbocycles. The van der Waals surface area contributed by atoms with Crippen LogP contribution in [0.5, 0.6) is 0 Å². The smallest absolute Gasteiger partial charge is 0.101 e. The first-order valence-corrected chi connectivity index (χ1v) is 3.24. The van der Waals surface area contributed by atoms with Crippen molar-refractivity contribution < 1.29 is 19.9 Å². The van der Waals surface area contributed by atoms with E-state index in [4.69, 9.17) is 19.9 Å². The van der Waals surface area contributed by atoms with Gasteiger partial charge in [0.2, 0.25) is 0 Å². The fraction of sp³-hybridized carbons (Fsp3) is 0.667. The van der Waals surface area contributed by atoms with E-state index in [9.17, 15) is 0 Å². The minimum Gasteiger partial charge on any atom is -0.394 e. The molecule has 0 saturated heterocycles. The molecule has 0 spiro atoms. The number of rotatable bonds is 7. The maximum Gasteiger partial charge on any atom is 0.101 e. The third kappa shape index (κ3) is 5.81. The van der Waals surface area contributed by atoms with E-state index in [0.29, 0.717) is 0 Å². The molecule has 0 fully saturated rings.